The van der Waals surface area contributed by atoms with Crippen molar-refractivity contribution >= 4 is 5.91 Å². The van der Waals surface area contributed by atoms with E-state index >= 15 is 0 Å². The summed E-state index contributed by atoms with van der Waals surface area (Å²) in [5, 5.41) is 10.1. The van der Waals surface area contributed by atoms with Crippen LogP contribution in [0.3, 0.4) is 0 Å². The fraction of sp³-hybridized carbons (Fsp3) is 0.474. The van der Waals surface area contributed by atoms with Gasteiger partial charge in [0.25, 0.3) is 5.91 Å². The molecule has 140 valence electrons. The second-order valence-electron chi connectivity index (χ2n) is 6.42. The highest BCUT2D eigenvalue weighted by Gasteiger charge is 2.29. The molecule has 7 nitrogen and oxygen atoms in total. The largest absolute Gasteiger partial charge is 0.493 e. The Labute approximate surface area is 153 Å². The fourth-order valence-corrected chi connectivity index (χ4v) is 3.41. The van der Waals surface area contributed by atoms with Gasteiger partial charge in [0.15, 0.2) is 17.2 Å². The van der Waals surface area contributed by atoms with Gasteiger partial charge in [0.05, 0.1) is 32.1 Å². The molecule has 2 atom stereocenters. The number of nitrogens with one attached hydrogen (secondary N) is 2. The molecule has 0 spiro atoms. The van der Waals surface area contributed by atoms with E-state index in [2.05, 4.69) is 15.5 Å². The molecule has 0 unspecified atom stereocenters. The molecule has 26 heavy (non-hydrogen) atoms. The molecule has 0 fully saturated rings. The van der Waals surface area contributed by atoms with Crippen LogP contribution in [0.25, 0.3) is 0 Å². The number of hydrogen-bond donors (Lipinski definition) is 2. The second-order valence-corrected chi connectivity index (χ2v) is 6.42. The van der Waals surface area contributed by atoms with Gasteiger partial charge < -0.3 is 19.5 Å². The zero-order chi connectivity index (χ0) is 18.7. The Kier molecular flexibility index (Phi) is 5.46. The number of rotatable bonds is 6. The predicted molar refractivity (Wildman–Crippen MR) is 96.8 cm³/mol. The molecule has 3 rings (SSSR count). The van der Waals surface area contributed by atoms with E-state index in [1.54, 1.807) is 14.2 Å². The van der Waals surface area contributed by atoms with Crippen LogP contribution in [0.1, 0.15) is 47.3 Å². The van der Waals surface area contributed by atoms with E-state index in [1.165, 1.54) is 0 Å². The molecule has 1 aromatic carbocycles. The normalized spacial score (nSPS) is 18.9. The number of carbonyl (C=O) groups excluding carboxylic acids is 1. The first-order valence-corrected chi connectivity index (χ1v) is 8.75. The number of fused-ring (bicyclic) bond motifs is 1. The maximum atomic E-state index is 12.6. The summed E-state index contributed by atoms with van der Waals surface area (Å²) in [5.74, 6) is 1.20. The summed E-state index contributed by atoms with van der Waals surface area (Å²) in [4.78, 5) is 12.6. The number of amides is 1. The number of carbonyl (C=O) groups is 1. The van der Waals surface area contributed by atoms with Crippen molar-refractivity contribution in [2.24, 2.45) is 0 Å². The van der Waals surface area contributed by atoms with Crippen molar-refractivity contribution in [1.82, 2.24) is 15.5 Å². The van der Waals surface area contributed by atoms with Crippen molar-refractivity contribution in [2.45, 2.75) is 38.9 Å². The van der Waals surface area contributed by atoms with Crippen molar-refractivity contribution < 1.29 is 19.0 Å². The van der Waals surface area contributed by atoms with Crippen LogP contribution >= 0.6 is 0 Å². The number of para-hydroxylation sites is 1. The minimum atomic E-state index is -0.175. The first-order chi connectivity index (χ1) is 12.5. The first-order valence-electron chi connectivity index (χ1n) is 8.75. The standard InChI is InChI=1S/C19H25N3O4/c1-11-10-14-16(12(2)26-11)21-22-17(14)19(23)20-9-8-13-6-5-7-15(24-3)18(13)25-4/h5-7,11-12H,8-10H2,1-4H3,(H,20,23)(H,21,22)/t11-,12+/m0/s1. The molecule has 7 heteroatoms. The zero-order valence-electron chi connectivity index (χ0n) is 15.6. The van der Waals surface area contributed by atoms with Gasteiger partial charge in [-0.3, -0.25) is 9.89 Å². The van der Waals surface area contributed by atoms with E-state index in [0.717, 1.165) is 16.8 Å². The first kappa shape index (κ1) is 18.3. The molecule has 2 aromatic rings. The van der Waals surface area contributed by atoms with Crippen molar-refractivity contribution in [3.8, 4) is 11.5 Å². The van der Waals surface area contributed by atoms with E-state index in [9.17, 15) is 4.79 Å². The Morgan fingerprint density at radius 3 is 2.88 bits per heavy atom. The number of methoxy groups -OCH3 is 2. The zero-order valence-corrected chi connectivity index (χ0v) is 15.6. The van der Waals surface area contributed by atoms with Crippen LogP contribution in [0, 0.1) is 0 Å². The van der Waals surface area contributed by atoms with Crippen LogP contribution in [0.4, 0.5) is 0 Å². The third-order valence-electron chi connectivity index (χ3n) is 4.61. The van der Waals surface area contributed by atoms with Crippen molar-refractivity contribution in [1.29, 1.82) is 0 Å². The highest BCUT2D eigenvalue weighted by Crippen LogP contribution is 2.31. The predicted octanol–water partition coefficient (Wildman–Crippen LogP) is 2.42. The van der Waals surface area contributed by atoms with Gasteiger partial charge in [-0.15, -0.1) is 0 Å². The average molecular weight is 359 g/mol. The molecule has 2 N–H and O–H groups in total. The molecule has 0 bridgehead atoms. The van der Waals surface area contributed by atoms with Crippen molar-refractivity contribution in [2.75, 3.05) is 20.8 Å². The van der Waals surface area contributed by atoms with E-state index < -0.39 is 0 Å². The number of aromatic nitrogens is 2. The lowest BCUT2D eigenvalue weighted by Gasteiger charge is -2.25. The highest BCUT2D eigenvalue weighted by atomic mass is 16.5. The van der Waals surface area contributed by atoms with Gasteiger partial charge in [-0.2, -0.15) is 5.10 Å². The molecular formula is C19H25N3O4. The number of H-pyrrole nitrogens is 1. The molecule has 0 aliphatic carbocycles. The Morgan fingerprint density at radius 2 is 2.15 bits per heavy atom. The topological polar surface area (TPSA) is 85.5 Å². The lowest BCUT2D eigenvalue weighted by atomic mass is 9.99. The fourth-order valence-electron chi connectivity index (χ4n) is 3.41. The number of aromatic amines is 1. The van der Waals surface area contributed by atoms with Gasteiger partial charge in [-0.1, -0.05) is 12.1 Å². The van der Waals surface area contributed by atoms with Crippen LogP contribution < -0.4 is 14.8 Å². The highest BCUT2D eigenvalue weighted by molar-refractivity contribution is 5.94. The smallest absolute Gasteiger partial charge is 0.272 e. The summed E-state index contributed by atoms with van der Waals surface area (Å²) in [6.07, 6.45) is 1.31. The minimum absolute atomic E-state index is 0.0719. The lowest BCUT2D eigenvalue weighted by molar-refractivity contribution is -0.00697. The molecule has 1 aliphatic heterocycles. The monoisotopic (exact) mass is 359 g/mol. The maximum Gasteiger partial charge on any atom is 0.272 e. The molecule has 1 aliphatic rings. The molecule has 1 amide bonds. The number of benzene rings is 1. The Morgan fingerprint density at radius 1 is 1.35 bits per heavy atom. The molecular weight excluding hydrogens is 334 g/mol. The van der Waals surface area contributed by atoms with Gasteiger partial charge in [-0.25, -0.2) is 0 Å². The third-order valence-corrected chi connectivity index (χ3v) is 4.61. The summed E-state index contributed by atoms with van der Waals surface area (Å²) in [6.45, 7) is 4.44. The summed E-state index contributed by atoms with van der Waals surface area (Å²) in [5.41, 5.74) is 3.28. The maximum absolute atomic E-state index is 12.6. The van der Waals surface area contributed by atoms with E-state index in [1.807, 2.05) is 32.0 Å². The molecule has 0 saturated carbocycles. The quantitative estimate of drug-likeness (QED) is 0.827. The number of hydrogen-bond acceptors (Lipinski definition) is 5. The number of nitrogens with zero attached hydrogens (tertiary/aromatic N) is 1. The SMILES string of the molecule is COc1cccc(CCNC(=O)c2n[nH]c3c2C[C@H](C)O[C@@H]3C)c1OC. The summed E-state index contributed by atoms with van der Waals surface area (Å²) in [7, 11) is 3.22. The minimum Gasteiger partial charge on any atom is -0.493 e. The van der Waals surface area contributed by atoms with Gasteiger partial charge in [0, 0.05) is 18.5 Å². The van der Waals surface area contributed by atoms with Crippen LogP contribution in [-0.4, -0.2) is 43.0 Å². The van der Waals surface area contributed by atoms with E-state index in [4.69, 9.17) is 14.2 Å². The van der Waals surface area contributed by atoms with Gasteiger partial charge >= 0.3 is 0 Å². The molecule has 0 saturated heterocycles. The summed E-state index contributed by atoms with van der Waals surface area (Å²) in [6, 6.07) is 5.72. The van der Waals surface area contributed by atoms with Crippen LogP contribution in [0.15, 0.2) is 18.2 Å². The molecule has 2 heterocycles. The molecule has 0 radical (unpaired) electrons. The van der Waals surface area contributed by atoms with Crippen molar-refractivity contribution in [3.05, 3.63) is 40.7 Å². The van der Waals surface area contributed by atoms with E-state index in [0.29, 0.717) is 36.6 Å². The lowest BCUT2D eigenvalue weighted by Crippen LogP contribution is -2.29. The van der Waals surface area contributed by atoms with Crippen LogP contribution in [-0.2, 0) is 17.6 Å². The molecule has 1 aromatic heterocycles. The Hall–Kier alpha value is -2.54. The second kappa shape index (κ2) is 7.78. The summed E-state index contributed by atoms with van der Waals surface area (Å²) >= 11 is 0. The Balaban J connectivity index is 1.66. The third kappa shape index (κ3) is 3.53. The van der Waals surface area contributed by atoms with Crippen LogP contribution in [0.2, 0.25) is 0 Å². The summed E-state index contributed by atoms with van der Waals surface area (Å²) < 4.78 is 16.5. The number of ether oxygens (including phenoxy) is 3. The van der Waals surface area contributed by atoms with Gasteiger partial charge in [0.1, 0.15) is 0 Å². The van der Waals surface area contributed by atoms with Gasteiger partial charge in [-0.05, 0) is 31.9 Å². The van der Waals surface area contributed by atoms with Gasteiger partial charge in [0.2, 0.25) is 0 Å². The average Bonchev–Trinajstić information content (AvgIpc) is 3.05. The van der Waals surface area contributed by atoms with Crippen LogP contribution in [0.5, 0.6) is 11.5 Å². The Bertz CT molecular complexity index is 787. The van der Waals surface area contributed by atoms with Crippen molar-refractivity contribution in [3.63, 3.8) is 0 Å². The van der Waals surface area contributed by atoms with E-state index in [-0.39, 0.29) is 18.1 Å².